The molecule has 1 atom stereocenters. The number of rotatable bonds is 0. The summed E-state index contributed by atoms with van der Waals surface area (Å²) in [6.07, 6.45) is 1.86. The van der Waals surface area contributed by atoms with Crippen molar-refractivity contribution in [2.75, 3.05) is 0 Å². The molecule has 0 aromatic rings. The predicted octanol–water partition coefficient (Wildman–Crippen LogP) is 2.01. The summed E-state index contributed by atoms with van der Waals surface area (Å²) in [6, 6.07) is 0. The van der Waals surface area contributed by atoms with E-state index in [-0.39, 0.29) is 5.41 Å². The zero-order chi connectivity index (χ0) is 7.07. The highest BCUT2D eigenvalue weighted by molar-refractivity contribution is 5.83. The van der Waals surface area contributed by atoms with E-state index in [0.717, 1.165) is 12.8 Å². The van der Waals surface area contributed by atoms with Crippen LogP contribution in [0.3, 0.4) is 0 Å². The van der Waals surface area contributed by atoms with Crippen LogP contribution in [0.25, 0.3) is 0 Å². The Morgan fingerprint density at radius 3 is 2.22 bits per heavy atom. The minimum absolute atomic E-state index is 0.288. The molecule has 0 amide bonds. The molecule has 0 spiro atoms. The van der Waals surface area contributed by atoms with Gasteiger partial charge in [0.15, 0.2) is 0 Å². The summed E-state index contributed by atoms with van der Waals surface area (Å²) in [4.78, 5) is 11.0. The first-order valence-electron chi connectivity index (χ1n) is 3.54. The lowest BCUT2D eigenvalue weighted by atomic mass is 9.91. The quantitative estimate of drug-likeness (QED) is 0.485. The van der Waals surface area contributed by atoms with Crippen molar-refractivity contribution in [2.24, 2.45) is 11.3 Å². The van der Waals surface area contributed by atoms with E-state index in [9.17, 15) is 4.79 Å². The molecule has 1 heteroatoms. The molecular formula is C8H14O. The van der Waals surface area contributed by atoms with Gasteiger partial charge in [-0.25, -0.2) is 0 Å². The van der Waals surface area contributed by atoms with Crippen LogP contribution < -0.4 is 0 Å². The van der Waals surface area contributed by atoms with Crippen molar-refractivity contribution in [3.05, 3.63) is 0 Å². The zero-order valence-electron chi connectivity index (χ0n) is 6.40. The summed E-state index contributed by atoms with van der Waals surface area (Å²) < 4.78 is 0. The van der Waals surface area contributed by atoms with Crippen molar-refractivity contribution >= 4 is 5.78 Å². The molecule has 0 N–H and O–H groups in total. The summed E-state index contributed by atoms with van der Waals surface area (Å²) in [6.45, 7) is 6.35. The van der Waals surface area contributed by atoms with Crippen LogP contribution in [-0.2, 0) is 4.79 Å². The third kappa shape index (κ3) is 1.32. The first kappa shape index (κ1) is 6.79. The summed E-state index contributed by atoms with van der Waals surface area (Å²) in [5.41, 5.74) is 0.288. The summed E-state index contributed by atoms with van der Waals surface area (Å²) in [7, 11) is 0. The molecule has 0 aliphatic heterocycles. The van der Waals surface area contributed by atoms with E-state index in [2.05, 4.69) is 13.8 Å². The maximum atomic E-state index is 11.0. The molecule has 1 aliphatic rings. The fourth-order valence-corrected chi connectivity index (χ4v) is 1.66. The lowest BCUT2D eigenvalue weighted by Gasteiger charge is -2.13. The number of carbonyl (C=O) groups is 1. The van der Waals surface area contributed by atoms with Crippen LogP contribution in [0.4, 0.5) is 0 Å². The van der Waals surface area contributed by atoms with Crippen molar-refractivity contribution in [2.45, 2.75) is 33.6 Å². The van der Waals surface area contributed by atoms with E-state index in [1.54, 1.807) is 0 Å². The van der Waals surface area contributed by atoms with Crippen LogP contribution in [0.2, 0.25) is 0 Å². The molecule has 1 fully saturated rings. The van der Waals surface area contributed by atoms with Gasteiger partial charge in [0.1, 0.15) is 5.78 Å². The molecule has 0 bridgehead atoms. The summed E-state index contributed by atoms with van der Waals surface area (Å²) >= 11 is 0. The minimum atomic E-state index is 0.288. The lowest BCUT2D eigenvalue weighted by molar-refractivity contribution is -0.120. The lowest BCUT2D eigenvalue weighted by Crippen LogP contribution is -2.04. The van der Waals surface area contributed by atoms with E-state index < -0.39 is 0 Å². The van der Waals surface area contributed by atoms with Crippen molar-refractivity contribution in [3.8, 4) is 0 Å². The van der Waals surface area contributed by atoms with Gasteiger partial charge in [-0.05, 0) is 11.8 Å². The number of hydrogen-bond acceptors (Lipinski definition) is 1. The van der Waals surface area contributed by atoms with Gasteiger partial charge in [0, 0.05) is 12.3 Å². The Bertz CT molecular complexity index is 136. The molecule has 0 saturated heterocycles. The van der Waals surface area contributed by atoms with Gasteiger partial charge in [0.2, 0.25) is 0 Å². The summed E-state index contributed by atoms with van der Waals surface area (Å²) in [5.74, 6) is 0.764. The molecule has 0 aromatic carbocycles. The highest BCUT2D eigenvalue weighted by Crippen LogP contribution is 2.37. The van der Waals surface area contributed by atoms with Crippen molar-refractivity contribution in [1.29, 1.82) is 0 Å². The molecule has 1 saturated carbocycles. The number of hydrogen-bond donors (Lipinski definition) is 0. The predicted molar refractivity (Wildman–Crippen MR) is 37.2 cm³/mol. The second-order valence-electron chi connectivity index (χ2n) is 3.91. The Morgan fingerprint density at radius 2 is 2.11 bits per heavy atom. The Labute approximate surface area is 56.4 Å². The highest BCUT2D eigenvalue weighted by atomic mass is 16.1. The summed E-state index contributed by atoms with van der Waals surface area (Å²) in [5, 5.41) is 0. The smallest absolute Gasteiger partial charge is 0.136 e. The monoisotopic (exact) mass is 126 g/mol. The number of ketones is 1. The van der Waals surface area contributed by atoms with Crippen LogP contribution in [0.5, 0.6) is 0 Å². The van der Waals surface area contributed by atoms with Crippen LogP contribution in [0, 0.1) is 11.3 Å². The first-order valence-corrected chi connectivity index (χ1v) is 3.54. The molecule has 0 aromatic heterocycles. The Morgan fingerprint density at radius 1 is 1.56 bits per heavy atom. The van der Waals surface area contributed by atoms with E-state index >= 15 is 0 Å². The SMILES string of the molecule is C[C@H]1CC(C)(C)CC1=O. The average molecular weight is 126 g/mol. The van der Waals surface area contributed by atoms with Gasteiger partial charge in [-0.1, -0.05) is 20.8 Å². The molecule has 52 valence electrons. The number of Topliss-reactive ketones (excluding diaryl/α,β-unsaturated/α-hetero) is 1. The second kappa shape index (κ2) is 1.83. The Kier molecular flexibility index (Phi) is 1.38. The van der Waals surface area contributed by atoms with Gasteiger partial charge >= 0.3 is 0 Å². The fourth-order valence-electron chi connectivity index (χ4n) is 1.66. The third-order valence-corrected chi connectivity index (χ3v) is 2.06. The molecule has 9 heavy (non-hydrogen) atoms. The molecule has 0 heterocycles. The molecule has 1 aliphatic carbocycles. The van der Waals surface area contributed by atoms with E-state index in [4.69, 9.17) is 0 Å². The third-order valence-electron chi connectivity index (χ3n) is 2.06. The Hall–Kier alpha value is -0.330. The van der Waals surface area contributed by atoms with Gasteiger partial charge in [0.25, 0.3) is 0 Å². The fraction of sp³-hybridized carbons (Fsp3) is 0.875. The normalized spacial score (nSPS) is 33.2. The van der Waals surface area contributed by atoms with Gasteiger partial charge in [-0.2, -0.15) is 0 Å². The maximum absolute atomic E-state index is 11.0. The van der Waals surface area contributed by atoms with Gasteiger partial charge in [-0.3, -0.25) is 4.79 Å². The molecular weight excluding hydrogens is 112 g/mol. The molecule has 0 radical (unpaired) electrons. The highest BCUT2D eigenvalue weighted by Gasteiger charge is 2.34. The second-order valence-corrected chi connectivity index (χ2v) is 3.91. The topological polar surface area (TPSA) is 17.1 Å². The van der Waals surface area contributed by atoms with Crippen LogP contribution >= 0.6 is 0 Å². The van der Waals surface area contributed by atoms with Gasteiger partial charge in [0.05, 0.1) is 0 Å². The average Bonchev–Trinajstić information content (AvgIpc) is 1.79. The Balaban J connectivity index is 2.65. The van der Waals surface area contributed by atoms with Gasteiger partial charge < -0.3 is 0 Å². The van der Waals surface area contributed by atoms with E-state index in [1.807, 2.05) is 6.92 Å². The molecule has 1 nitrogen and oxygen atoms in total. The number of carbonyl (C=O) groups excluding carboxylic acids is 1. The zero-order valence-corrected chi connectivity index (χ0v) is 6.40. The van der Waals surface area contributed by atoms with Crippen molar-refractivity contribution < 1.29 is 4.79 Å². The first-order chi connectivity index (χ1) is 4.01. The minimum Gasteiger partial charge on any atom is -0.299 e. The van der Waals surface area contributed by atoms with Crippen molar-refractivity contribution in [3.63, 3.8) is 0 Å². The van der Waals surface area contributed by atoms with E-state index in [0.29, 0.717) is 11.7 Å². The van der Waals surface area contributed by atoms with Crippen molar-refractivity contribution in [1.82, 2.24) is 0 Å². The van der Waals surface area contributed by atoms with Crippen LogP contribution in [0.15, 0.2) is 0 Å². The van der Waals surface area contributed by atoms with Gasteiger partial charge in [-0.15, -0.1) is 0 Å². The maximum Gasteiger partial charge on any atom is 0.136 e. The van der Waals surface area contributed by atoms with Crippen LogP contribution in [-0.4, -0.2) is 5.78 Å². The molecule has 1 rings (SSSR count). The largest absolute Gasteiger partial charge is 0.299 e. The standard InChI is InChI=1S/C8H14O/c1-6-4-8(2,3)5-7(6)9/h6H,4-5H2,1-3H3/t6-/m0/s1. The van der Waals surface area contributed by atoms with E-state index in [1.165, 1.54) is 0 Å². The molecule has 0 unspecified atom stereocenters. The van der Waals surface area contributed by atoms with Crippen LogP contribution in [0.1, 0.15) is 33.6 Å².